The van der Waals surface area contributed by atoms with Crippen molar-refractivity contribution >= 4 is 11.7 Å². The van der Waals surface area contributed by atoms with Gasteiger partial charge in [-0.1, -0.05) is 44.2 Å². The number of anilines is 1. The van der Waals surface area contributed by atoms with Crippen molar-refractivity contribution in [1.82, 2.24) is 10.0 Å². The van der Waals surface area contributed by atoms with Crippen LogP contribution >= 0.6 is 0 Å². The zero-order chi connectivity index (χ0) is 19.6. The van der Waals surface area contributed by atoms with Gasteiger partial charge in [-0.3, -0.25) is 9.91 Å². The van der Waals surface area contributed by atoms with E-state index in [4.69, 9.17) is 4.74 Å². The number of carbonyl (C=O) groups is 1. The van der Waals surface area contributed by atoms with Gasteiger partial charge in [0.25, 0.3) is 0 Å². The number of carbonyl (C=O) groups excluding carboxylic acids is 1. The first-order valence-electron chi connectivity index (χ1n) is 9.76. The zero-order valence-corrected chi connectivity index (χ0v) is 16.7. The lowest BCUT2D eigenvalue weighted by molar-refractivity contribution is 0.0521. The maximum Gasteiger partial charge on any atom is 0.345 e. The highest BCUT2D eigenvalue weighted by molar-refractivity contribution is 5.96. The molecule has 28 heavy (non-hydrogen) atoms. The van der Waals surface area contributed by atoms with Gasteiger partial charge in [0.05, 0.1) is 13.2 Å². The largest absolute Gasteiger partial charge is 0.497 e. The standard InChI is InChI=1S/C23H25N3O2/c1-15-19-14-20(16-10-12-18(28-4)13-11-16)26-22(27)24(17-8-6-5-7-9-17)21(25(19)26)23(15,2)3/h5-13,20-21H,14H2,1-4H3. The van der Waals surface area contributed by atoms with Gasteiger partial charge in [-0.25, -0.2) is 9.80 Å². The van der Waals surface area contributed by atoms with Crippen molar-refractivity contribution in [2.45, 2.75) is 39.4 Å². The molecule has 2 aromatic rings. The van der Waals surface area contributed by atoms with Crippen LogP contribution in [0.15, 0.2) is 65.9 Å². The number of hydrogen-bond acceptors (Lipinski definition) is 3. The number of ether oxygens (including phenoxy) is 1. The average Bonchev–Trinajstić information content (AvgIpc) is 3.30. The first kappa shape index (κ1) is 17.2. The minimum absolute atomic E-state index is 0.00988. The summed E-state index contributed by atoms with van der Waals surface area (Å²) in [6, 6.07) is 18.1. The summed E-state index contributed by atoms with van der Waals surface area (Å²) in [5.74, 6) is 0.829. The van der Waals surface area contributed by atoms with Crippen LogP contribution in [0.1, 0.15) is 38.8 Å². The summed E-state index contributed by atoms with van der Waals surface area (Å²) in [5, 5.41) is 4.21. The van der Waals surface area contributed by atoms with Crippen molar-refractivity contribution in [1.29, 1.82) is 0 Å². The first-order valence-corrected chi connectivity index (χ1v) is 9.76. The third-order valence-corrected chi connectivity index (χ3v) is 6.65. The van der Waals surface area contributed by atoms with Gasteiger partial charge < -0.3 is 4.74 Å². The highest BCUT2D eigenvalue weighted by Gasteiger charge is 2.62. The van der Waals surface area contributed by atoms with Crippen LogP contribution in [0.2, 0.25) is 0 Å². The number of para-hydroxylation sites is 1. The Labute approximate surface area is 165 Å². The molecule has 2 fully saturated rings. The molecule has 2 amide bonds. The second kappa shape index (κ2) is 5.77. The molecule has 0 radical (unpaired) electrons. The fourth-order valence-electron chi connectivity index (χ4n) is 4.90. The molecule has 0 spiro atoms. The van der Waals surface area contributed by atoms with Crippen LogP contribution in [0.3, 0.4) is 0 Å². The predicted molar refractivity (Wildman–Crippen MR) is 109 cm³/mol. The summed E-state index contributed by atoms with van der Waals surface area (Å²) in [6.07, 6.45) is 0.826. The van der Waals surface area contributed by atoms with Gasteiger partial charge >= 0.3 is 6.03 Å². The Balaban J connectivity index is 1.62. The highest BCUT2D eigenvalue weighted by Crippen LogP contribution is 2.58. The van der Waals surface area contributed by atoms with Crippen molar-refractivity contribution in [2.24, 2.45) is 5.41 Å². The molecule has 2 atom stereocenters. The Hall–Kier alpha value is -2.95. The first-order chi connectivity index (χ1) is 13.4. The minimum Gasteiger partial charge on any atom is -0.497 e. The van der Waals surface area contributed by atoms with E-state index >= 15 is 0 Å². The van der Waals surface area contributed by atoms with Gasteiger partial charge in [-0.05, 0) is 42.3 Å². The Morgan fingerprint density at radius 1 is 1.00 bits per heavy atom. The molecular formula is C23H25N3O2. The lowest BCUT2D eigenvalue weighted by Gasteiger charge is -2.35. The molecular weight excluding hydrogens is 350 g/mol. The molecule has 2 unspecified atom stereocenters. The fourth-order valence-corrected chi connectivity index (χ4v) is 4.90. The number of hydrogen-bond donors (Lipinski definition) is 0. The maximum absolute atomic E-state index is 13.6. The Kier molecular flexibility index (Phi) is 3.54. The molecule has 2 saturated heterocycles. The number of rotatable bonds is 3. The molecule has 0 aromatic heterocycles. The van der Waals surface area contributed by atoms with Crippen molar-refractivity contribution < 1.29 is 9.53 Å². The van der Waals surface area contributed by atoms with E-state index in [2.05, 4.69) is 37.9 Å². The number of hydrazine groups is 1. The van der Waals surface area contributed by atoms with E-state index in [1.807, 2.05) is 52.4 Å². The predicted octanol–water partition coefficient (Wildman–Crippen LogP) is 4.94. The second-order valence-electron chi connectivity index (χ2n) is 8.34. The van der Waals surface area contributed by atoms with E-state index in [1.165, 1.54) is 11.3 Å². The zero-order valence-electron chi connectivity index (χ0n) is 16.7. The maximum atomic E-state index is 13.6. The quantitative estimate of drug-likeness (QED) is 0.762. The van der Waals surface area contributed by atoms with Gasteiger partial charge in [0, 0.05) is 23.2 Å². The number of nitrogens with zero attached hydrogens (tertiary/aromatic N) is 3. The summed E-state index contributed by atoms with van der Waals surface area (Å²) in [6.45, 7) is 6.71. The molecule has 3 aliphatic heterocycles. The van der Waals surface area contributed by atoms with E-state index in [0.29, 0.717) is 0 Å². The molecule has 3 heterocycles. The molecule has 144 valence electrons. The summed E-state index contributed by atoms with van der Waals surface area (Å²) in [4.78, 5) is 15.6. The fraction of sp³-hybridized carbons (Fsp3) is 0.348. The molecule has 5 nitrogen and oxygen atoms in total. The lowest BCUT2D eigenvalue weighted by atomic mass is 9.83. The van der Waals surface area contributed by atoms with Gasteiger partial charge in [-0.15, -0.1) is 0 Å². The molecule has 0 N–H and O–H groups in total. The third kappa shape index (κ3) is 2.10. The van der Waals surface area contributed by atoms with E-state index in [0.717, 1.165) is 23.4 Å². The number of urea groups is 1. The molecule has 2 aromatic carbocycles. The molecule has 3 aliphatic rings. The van der Waals surface area contributed by atoms with Crippen molar-refractivity contribution in [2.75, 3.05) is 12.0 Å². The second-order valence-corrected chi connectivity index (χ2v) is 8.34. The summed E-state index contributed by atoms with van der Waals surface area (Å²) in [7, 11) is 1.67. The average molecular weight is 375 g/mol. The van der Waals surface area contributed by atoms with Crippen LogP contribution in [0.4, 0.5) is 10.5 Å². The Morgan fingerprint density at radius 3 is 2.32 bits per heavy atom. The van der Waals surface area contributed by atoms with Crippen LogP contribution in [0.25, 0.3) is 0 Å². The lowest BCUT2D eigenvalue weighted by Crippen LogP contribution is -2.45. The molecule has 0 aliphatic carbocycles. The highest BCUT2D eigenvalue weighted by atomic mass is 16.5. The number of benzene rings is 2. The van der Waals surface area contributed by atoms with E-state index < -0.39 is 0 Å². The summed E-state index contributed by atoms with van der Waals surface area (Å²) < 4.78 is 5.30. The van der Waals surface area contributed by atoms with Gasteiger partial charge in [0.2, 0.25) is 0 Å². The van der Waals surface area contributed by atoms with Gasteiger partial charge in [0.15, 0.2) is 0 Å². The van der Waals surface area contributed by atoms with Crippen LogP contribution < -0.4 is 9.64 Å². The number of methoxy groups -OCH3 is 1. The van der Waals surface area contributed by atoms with Gasteiger partial charge in [0.1, 0.15) is 11.9 Å². The number of amides is 2. The van der Waals surface area contributed by atoms with E-state index in [1.54, 1.807) is 7.11 Å². The minimum atomic E-state index is -0.111. The normalized spacial score (nSPS) is 25.0. The monoisotopic (exact) mass is 375 g/mol. The molecule has 0 saturated carbocycles. The third-order valence-electron chi connectivity index (χ3n) is 6.65. The van der Waals surface area contributed by atoms with Gasteiger partial charge in [-0.2, -0.15) is 0 Å². The van der Waals surface area contributed by atoms with Crippen LogP contribution in [0.5, 0.6) is 5.75 Å². The SMILES string of the molecule is COc1ccc(C2CC3=C(C)C(C)(C)C4N(c5ccccc5)C(=O)N2N34)cc1. The Morgan fingerprint density at radius 2 is 1.68 bits per heavy atom. The Bertz CT molecular complexity index is 965. The summed E-state index contributed by atoms with van der Waals surface area (Å²) in [5.41, 5.74) is 4.62. The smallest absolute Gasteiger partial charge is 0.345 e. The van der Waals surface area contributed by atoms with Crippen LogP contribution in [-0.2, 0) is 0 Å². The van der Waals surface area contributed by atoms with Crippen LogP contribution in [0, 0.1) is 5.41 Å². The van der Waals surface area contributed by atoms with E-state index in [9.17, 15) is 4.79 Å². The molecule has 5 rings (SSSR count). The van der Waals surface area contributed by atoms with Crippen molar-refractivity contribution in [3.05, 3.63) is 71.4 Å². The van der Waals surface area contributed by atoms with Crippen LogP contribution in [-0.4, -0.2) is 29.3 Å². The molecule has 0 bridgehead atoms. The van der Waals surface area contributed by atoms with Crippen molar-refractivity contribution in [3.63, 3.8) is 0 Å². The summed E-state index contributed by atoms with van der Waals surface area (Å²) >= 11 is 0. The van der Waals surface area contributed by atoms with Crippen molar-refractivity contribution in [3.8, 4) is 5.75 Å². The topological polar surface area (TPSA) is 36.0 Å². The van der Waals surface area contributed by atoms with E-state index in [-0.39, 0.29) is 23.7 Å². The molecule has 5 heteroatoms.